The Balaban J connectivity index is 2.34. The second-order valence-electron chi connectivity index (χ2n) is 7.14. The van der Waals surface area contributed by atoms with E-state index >= 15 is 0 Å². The number of carbonyl (C=O) groups excluding carboxylic acids is 1. The van der Waals surface area contributed by atoms with Gasteiger partial charge in [0.2, 0.25) is 0 Å². The summed E-state index contributed by atoms with van der Waals surface area (Å²) in [5, 5.41) is 12.4. The summed E-state index contributed by atoms with van der Waals surface area (Å²) in [7, 11) is 1.50. The number of carbonyl (C=O) groups is 2. The molecule has 0 saturated heterocycles. The third-order valence-corrected chi connectivity index (χ3v) is 4.25. The van der Waals surface area contributed by atoms with Gasteiger partial charge in [-0.15, -0.1) is 0 Å². The van der Waals surface area contributed by atoms with E-state index < -0.39 is 23.1 Å². The molecule has 1 aliphatic rings. The summed E-state index contributed by atoms with van der Waals surface area (Å²) in [6.45, 7) is 5.33. The third-order valence-electron chi connectivity index (χ3n) is 4.25. The van der Waals surface area contributed by atoms with Gasteiger partial charge in [-0.3, -0.25) is 10.1 Å². The van der Waals surface area contributed by atoms with Gasteiger partial charge in [-0.05, 0) is 51.3 Å². The van der Waals surface area contributed by atoms with Crippen LogP contribution in [0, 0.1) is 0 Å². The Hall–Kier alpha value is -2.24. The van der Waals surface area contributed by atoms with Crippen LogP contribution in [0.25, 0.3) is 0 Å². The lowest BCUT2D eigenvalue weighted by molar-refractivity contribution is -0.143. The SMILES string of the molecule is COc1ccc(C2(C(=O)O)CCCC2)cc1NC(=O)OC(C)(C)C. The van der Waals surface area contributed by atoms with E-state index in [1.807, 2.05) is 0 Å². The van der Waals surface area contributed by atoms with E-state index in [0.717, 1.165) is 12.8 Å². The highest BCUT2D eigenvalue weighted by Crippen LogP contribution is 2.43. The third kappa shape index (κ3) is 3.80. The Bertz CT molecular complexity index is 627. The number of rotatable bonds is 4. The van der Waals surface area contributed by atoms with Crippen molar-refractivity contribution in [3.8, 4) is 5.75 Å². The number of nitrogens with one attached hydrogen (secondary N) is 1. The number of benzene rings is 1. The predicted octanol–water partition coefficient (Wildman–Crippen LogP) is 3.94. The highest BCUT2D eigenvalue weighted by Gasteiger charge is 2.43. The normalized spacial score (nSPS) is 16.5. The molecule has 1 aromatic carbocycles. The number of ether oxygens (including phenoxy) is 2. The zero-order chi connectivity index (χ0) is 18.0. The van der Waals surface area contributed by atoms with Gasteiger partial charge < -0.3 is 14.6 Å². The first-order valence-corrected chi connectivity index (χ1v) is 8.10. The van der Waals surface area contributed by atoms with Crippen molar-refractivity contribution in [3.63, 3.8) is 0 Å². The molecule has 1 aliphatic carbocycles. The summed E-state index contributed by atoms with van der Waals surface area (Å²) < 4.78 is 10.5. The van der Waals surface area contributed by atoms with E-state index in [1.54, 1.807) is 39.0 Å². The lowest BCUT2D eigenvalue weighted by Crippen LogP contribution is -2.33. The number of carboxylic acid groups (broad SMARTS) is 1. The second kappa shape index (κ2) is 6.71. The van der Waals surface area contributed by atoms with Gasteiger partial charge in [0.1, 0.15) is 11.4 Å². The average Bonchev–Trinajstić information content (AvgIpc) is 2.96. The summed E-state index contributed by atoms with van der Waals surface area (Å²) in [4.78, 5) is 23.9. The second-order valence-corrected chi connectivity index (χ2v) is 7.14. The smallest absolute Gasteiger partial charge is 0.412 e. The number of carboxylic acids is 1. The number of hydrogen-bond donors (Lipinski definition) is 2. The largest absolute Gasteiger partial charge is 0.495 e. The minimum Gasteiger partial charge on any atom is -0.495 e. The van der Waals surface area contributed by atoms with Crippen molar-refractivity contribution in [3.05, 3.63) is 23.8 Å². The van der Waals surface area contributed by atoms with E-state index in [4.69, 9.17) is 9.47 Å². The van der Waals surface area contributed by atoms with E-state index in [9.17, 15) is 14.7 Å². The van der Waals surface area contributed by atoms with E-state index in [-0.39, 0.29) is 0 Å². The highest BCUT2D eigenvalue weighted by atomic mass is 16.6. The van der Waals surface area contributed by atoms with Gasteiger partial charge in [-0.25, -0.2) is 4.79 Å². The molecule has 0 unspecified atom stereocenters. The van der Waals surface area contributed by atoms with Gasteiger partial charge in [-0.1, -0.05) is 18.9 Å². The lowest BCUT2D eigenvalue weighted by Gasteiger charge is -2.26. The first-order valence-electron chi connectivity index (χ1n) is 8.10. The molecule has 1 aromatic rings. The summed E-state index contributed by atoms with van der Waals surface area (Å²) in [5.41, 5.74) is -0.421. The number of aliphatic carboxylic acids is 1. The first kappa shape index (κ1) is 18.1. The van der Waals surface area contributed by atoms with Crippen LogP contribution in [0.5, 0.6) is 5.75 Å². The van der Waals surface area contributed by atoms with Crippen molar-refractivity contribution >= 4 is 17.7 Å². The van der Waals surface area contributed by atoms with E-state index in [0.29, 0.717) is 29.8 Å². The molecule has 1 saturated carbocycles. The predicted molar refractivity (Wildman–Crippen MR) is 90.6 cm³/mol. The van der Waals surface area contributed by atoms with Crippen molar-refractivity contribution in [2.24, 2.45) is 0 Å². The topological polar surface area (TPSA) is 84.9 Å². The van der Waals surface area contributed by atoms with Crippen LogP contribution in [0.2, 0.25) is 0 Å². The minimum absolute atomic E-state index is 0.414. The fraction of sp³-hybridized carbons (Fsp3) is 0.556. The van der Waals surface area contributed by atoms with Crippen molar-refractivity contribution in [1.82, 2.24) is 0 Å². The first-order chi connectivity index (χ1) is 11.2. The van der Waals surface area contributed by atoms with Gasteiger partial charge in [-0.2, -0.15) is 0 Å². The number of anilines is 1. The molecule has 0 aliphatic heterocycles. The lowest BCUT2D eigenvalue weighted by atomic mass is 9.79. The summed E-state index contributed by atoms with van der Waals surface area (Å²) in [6.07, 6.45) is 2.36. The molecule has 0 bridgehead atoms. The van der Waals surface area contributed by atoms with Gasteiger partial charge in [0.05, 0.1) is 18.2 Å². The van der Waals surface area contributed by atoms with Gasteiger partial charge >= 0.3 is 12.1 Å². The molecule has 1 fully saturated rings. The zero-order valence-electron chi connectivity index (χ0n) is 14.6. The van der Waals surface area contributed by atoms with Crippen LogP contribution in [0.15, 0.2) is 18.2 Å². The Morgan fingerprint density at radius 1 is 1.21 bits per heavy atom. The number of methoxy groups -OCH3 is 1. The van der Waals surface area contributed by atoms with Crippen LogP contribution in [0.3, 0.4) is 0 Å². The molecular formula is C18H25NO5. The van der Waals surface area contributed by atoms with Crippen LogP contribution in [-0.4, -0.2) is 29.9 Å². The molecule has 2 rings (SSSR count). The number of hydrogen-bond acceptors (Lipinski definition) is 4. The molecule has 0 atom stereocenters. The molecule has 1 amide bonds. The maximum absolute atomic E-state index is 12.0. The van der Waals surface area contributed by atoms with Crippen molar-refractivity contribution < 1.29 is 24.2 Å². The highest BCUT2D eigenvalue weighted by molar-refractivity contribution is 5.88. The van der Waals surface area contributed by atoms with Crippen molar-refractivity contribution in [1.29, 1.82) is 0 Å². The van der Waals surface area contributed by atoms with E-state index in [1.165, 1.54) is 7.11 Å². The zero-order valence-corrected chi connectivity index (χ0v) is 14.6. The monoisotopic (exact) mass is 335 g/mol. The fourth-order valence-corrected chi connectivity index (χ4v) is 3.12. The molecule has 6 heteroatoms. The van der Waals surface area contributed by atoms with Gasteiger partial charge in [0.25, 0.3) is 0 Å². The molecule has 0 heterocycles. The Kier molecular flexibility index (Phi) is 5.06. The maximum atomic E-state index is 12.0. The van der Waals surface area contributed by atoms with Crippen LogP contribution >= 0.6 is 0 Å². The van der Waals surface area contributed by atoms with Crippen molar-refractivity contribution in [2.45, 2.75) is 57.5 Å². The van der Waals surface area contributed by atoms with Crippen LogP contribution in [0.1, 0.15) is 52.0 Å². The summed E-state index contributed by atoms with van der Waals surface area (Å²) in [6, 6.07) is 5.13. The Morgan fingerprint density at radius 3 is 2.33 bits per heavy atom. The molecule has 0 radical (unpaired) electrons. The standard InChI is InChI=1S/C18H25NO5/c1-17(2,3)24-16(22)19-13-11-12(7-8-14(13)23-4)18(15(20)21)9-5-6-10-18/h7-8,11H,5-6,9-10H2,1-4H3,(H,19,22)(H,20,21). The molecule has 24 heavy (non-hydrogen) atoms. The van der Waals surface area contributed by atoms with Gasteiger partial charge in [0.15, 0.2) is 0 Å². The van der Waals surface area contributed by atoms with Crippen LogP contribution in [-0.2, 0) is 14.9 Å². The molecule has 0 aromatic heterocycles. The van der Waals surface area contributed by atoms with Gasteiger partial charge in [0, 0.05) is 0 Å². The molecule has 2 N–H and O–H groups in total. The Morgan fingerprint density at radius 2 is 1.83 bits per heavy atom. The van der Waals surface area contributed by atoms with Crippen LogP contribution < -0.4 is 10.1 Å². The number of amides is 1. The maximum Gasteiger partial charge on any atom is 0.412 e. The summed E-state index contributed by atoms with van der Waals surface area (Å²) >= 11 is 0. The molecule has 6 nitrogen and oxygen atoms in total. The molecule has 0 spiro atoms. The van der Waals surface area contributed by atoms with E-state index in [2.05, 4.69) is 5.32 Å². The minimum atomic E-state index is -0.892. The average molecular weight is 335 g/mol. The fourth-order valence-electron chi connectivity index (χ4n) is 3.12. The molecular weight excluding hydrogens is 310 g/mol. The quantitative estimate of drug-likeness (QED) is 0.870. The Labute approximate surface area is 142 Å². The van der Waals surface area contributed by atoms with Crippen LogP contribution in [0.4, 0.5) is 10.5 Å². The van der Waals surface area contributed by atoms with Crippen molar-refractivity contribution in [2.75, 3.05) is 12.4 Å². The summed E-state index contributed by atoms with van der Waals surface area (Å²) in [5.74, 6) is -0.364. The molecule has 132 valence electrons.